The fraction of sp³-hybridized carbons (Fsp3) is 0.741. The molecule has 3 N–H and O–H groups in total. The second-order valence-electron chi connectivity index (χ2n) is 22.4. The molecule has 4 aliphatic rings. The van der Waals surface area contributed by atoms with Crippen LogP contribution in [0.4, 0.5) is 0 Å². The SMILES string of the molecule is CO[C@H]1C[C@@H]2CC[C@@H](C)[C@@](O)(O2)C(=O)C(=O)N2CCCC[C@H]2C(=O)O[C@H]([C@H](C)C[C@@H]2CC[C@@H](OC(=O)C(C)(CO)CO)[C@H](OC)C2)CC(=O)[C@H](C)/C=C(\C)[C@@H](OC(C)=O)[C@@H](OC)C(=O)[C@H](C)C[C@H](C)/C=C/C=CC=C1C. The third kappa shape index (κ3) is 16.8. The van der Waals surface area contributed by atoms with Crippen molar-refractivity contribution in [1.29, 1.82) is 0 Å². The molecule has 0 unspecified atom stereocenters. The van der Waals surface area contributed by atoms with Gasteiger partial charge in [-0.1, -0.05) is 71.1 Å². The summed E-state index contributed by atoms with van der Waals surface area (Å²) in [7, 11) is 4.43. The zero-order valence-electron chi connectivity index (χ0n) is 47.2. The van der Waals surface area contributed by atoms with Crippen LogP contribution in [0.2, 0.25) is 0 Å². The fourth-order valence-corrected chi connectivity index (χ4v) is 11.0. The molecule has 0 aromatic heterocycles. The maximum atomic E-state index is 14.6. The topological polar surface area (TPSA) is 248 Å². The lowest BCUT2D eigenvalue weighted by atomic mass is 9.78. The summed E-state index contributed by atoms with van der Waals surface area (Å²) in [6.45, 7) is 13.9. The number of aliphatic hydroxyl groups is 3. The Labute approximate surface area is 450 Å². The van der Waals surface area contributed by atoms with Crippen molar-refractivity contribution >= 4 is 41.2 Å². The van der Waals surface area contributed by atoms with Crippen molar-refractivity contribution in [3.05, 3.63) is 47.6 Å². The quantitative estimate of drug-likeness (QED) is 0.0890. The summed E-state index contributed by atoms with van der Waals surface area (Å²) in [5.41, 5.74) is -0.247. The maximum absolute atomic E-state index is 14.6. The van der Waals surface area contributed by atoms with Crippen LogP contribution in [-0.2, 0) is 66.7 Å². The number of allylic oxidation sites excluding steroid dienone is 6. The number of carbonyl (C=O) groups is 7. The van der Waals surface area contributed by atoms with E-state index in [9.17, 15) is 48.9 Å². The number of piperidine rings is 1. The number of fused-ring (bicyclic) bond motifs is 3. The highest BCUT2D eigenvalue weighted by molar-refractivity contribution is 6.39. The predicted octanol–water partition coefficient (Wildman–Crippen LogP) is 6.29. The first-order valence-corrected chi connectivity index (χ1v) is 27.3. The first-order chi connectivity index (χ1) is 35.9. The van der Waals surface area contributed by atoms with Crippen LogP contribution in [0, 0.1) is 40.9 Å². The number of esters is 3. The molecule has 0 aromatic rings. The van der Waals surface area contributed by atoms with Gasteiger partial charge in [0.1, 0.15) is 29.4 Å². The first-order valence-electron chi connectivity index (χ1n) is 27.3. The minimum absolute atomic E-state index is 0.0328. The molecule has 0 spiro atoms. The Kier molecular flexibility index (Phi) is 24.9. The summed E-state index contributed by atoms with van der Waals surface area (Å²) in [5, 5.41) is 31.6. The van der Waals surface area contributed by atoms with E-state index in [-0.39, 0.29) is 49.2 Å². The third-order valence-electron chi connectivity index (χ3n) is 16.2. The number of hydrogen-bond acceptors (Lipinski definition) is 17. The average molecular weight is 1070 g/mol. The van der Waals surface area contributed by atoms with Gasteiger partial charge >= 0.3 is 17.9 Å². The minimum Gasteiger partial charge on any atom is -0.460 e. The lowest BCUT2D eigenvalue weighted by Crippen LogP contribution is -2.61. The number of methoxy groups -OCH3 is 3. The molecule has 1 saturated carbocycles. The third-order valence-corrected chi connectivity index (χ3v) is 16.2. The van der Waals surface area contributed by atoms with Gasteiger partial charge in [-0.25, -0.2) is 4.79 Å². The van der Waals surface area contributed by atoms with E-state index in [1.165, 1.54) is 28.1 Å². The number of nitrogens with zero attached hydrogens (tertiary/aromatic N) is 1. The predicted molar refractivity (Wildman–Crippen MR) is 281 cm³/mol. The van der Waals surface area contributed by atoms with Crippen LogP contribution in [0.25, 0.3) is 0 Å². The zero-order chi connectivity index (χ0) is 56.7. The van der Waals surface area contributed by atoms with Gasteiger partial charge < -0.3 is 53.4 Å². The van der Waals surface area contributed by atoms with E-state index < -0.39 is 126 Å². The molecule has 3 fully saturated rings. The molecule has 15 atom stereocenters. The summed E-state index contributed by atoms with van der Waals surface area (Å²) in [6.07, 6.45) is 9.70. The highest BCUT2D eigenvalue weighted by atomic mass is 16.6. The molecular weight excluding hydrogens is 983 g/mol. The molecule has 1 aliphatic carbocycles. The van der Waals surface area contributed by atoms with Gasteiger partial charge in [0.2, 0.25) is 5.79 Å². The van der Waals surface area contributed by atoms with Crippen molar-refractivity contribution in [2.24, 2.45) is 40.9 Å². The highest BCUT2D eigenvalue weighted by Gasteiger charge is 2.53. The number of cyclic esters (lactones) is 1. The van der Waals surface area contributed by atoms with E-state index in [1.807, 2.05) is 51.2 Å². The lowest BCUT2D eigenvalue weighted by molar-refractivity contribution is -0.265. The Bertz CT molecular complexity index is 2130. The van der Waals surface area contributed by atoms with E-state index in [2.05, 4.69) is 0 Å². The van der Waals surface area contributed by atoms with Crippen molar-refractivity contribution < 1.29 is 82.0 Å². The van der Waals surface area contributed by atoms with Gasteiger partial charge in [-0.3, -0.25) is 28.8 Å². The molecule has 428 valence electrons. The summed E-state index contributed by atoms with van der Waals surface area (Å²) < 4.78 is 41.4. The van der Waals surface area contributed by atoms with Crippen molar-refractivity contribution in [3.63, 3.8) is 0 Å². The van der Waals surface area contributed by atoms with Gasteiger partial charge in [0.15, 0.2) is 18.0 Å². The largest absolute Gasteiger partial charge is 0.460 e. The number of amides is 1. The van der Waals surface area contributed by atoms with E-state index in [4.69, 9.17) is 33.2 Å². The number of Topliss-reactive ketones (excluding diaryl/α,β-unsaturated/α-hetero) is 3. The van der Waals surface area contributed by atoms with Crippen molar-refractivity contribution in [2.45, 2.75) is 194 Å². The lowest BCUT2D eigenvalue weighted by Gasteiger charge is -2.42. The first kappa shape index (κ1) is 64.1. The number of rotatable bonds is 11. The van der Waals surface area contributed by atoms with Gasteiger partial charge in [0.25, 0.3) is 11.7 Å². The maximum Gasteiger partial charge on any atom is 0.329 e. The molecule has 2 bridgehead atoms. The number of ketones is 3. The number of aliphatic hydroxyl groups excluding tert-OH is 2. The Balaban J connectivity index is 1.74. The molecule has 2 saturated heterocycles. The van der Waals surface area contributed by atoms with E-state index in [0.717, 1.165) is 10.5 Å². The van der Waals surface area contributed by atoms with Crippen LogP contribution in [0.1, 0.15) is 139 Å². The number of ether oxygens (including phenoxy) is 7. The Morgan fingerprint density at radius 2 is 1.53 bits per heavy atom. The van der Waals surface area contributed by atoms with Crippen LogP contribution in [0.5, 0.6) is 0 Å². The zero-order valence-corrected chi connectivity index (χ0v) is 47.2. The van der Waals surface area contributed by atoms with Crippen LogP contribution in [-0.4, -0.2) is 157 Å². The Morgan fingerprint density at radius 3 is 2.16 bits per heavy atom. The number of hydrogen-bond donors (Lipinski definition) is 3. The van der Waals surface area contributed by atoms with E-state index >= 15 is 0 Å². The molecule has 18 nitrogen and oxygen atoms in total. The number of carbonyl (C=O) groups excluding carboxylic acids is 7. The molecule has 0 aromatic carbocycles. The normalized spacial score (nSPS) is 35.2. The smallest absolute Gasteiger partial charge is 0.329 e. The highest BCUT2D eigenvalue weighted by Crippen LogP contribution is 2.39. The molecule has 1 amide bonds. The monoisotopic (exact) mass is 1070 g/mol. The standard InChI is InChI=1S/C58H89NO17/c1-34-18-14-13-15-19-35(2)47(70-10)30-43-23-21-40(7)58(69,76-43)53(65)54(66)59-25-17-16-20-44(59)55(67)74-48(37(4)28-42-22-24-46(49(29-42)71-11)75-56(68)57(9,32-60)33-61)31-45(63)36(3)27-39(6)51(73-41(8)62)52(72-12)50(64)38(5)26-34/h13-15,18-19,27,34,36-38,40,42-44,46-49,51-52,60-61,69H,16-17,20-26,28-33H2,1-12H3/b15-13?,18-14+,35-19?,39-27+/t34-,36-,37-,38-,40-,42+,43+,44+,46-,47+,48+,49-,51-,52+,58-/m1/s1. The van der Waals surface area contributed by atoms with Crippen LogP contribution >= 0.6 is 0 Å². The summed E-state index contributed by atoms with van der Waals surface area (Å²) in [6, 6.07) is -1.22. The van der Waals surface area contributed by atoms with Gasteiger partial charge in [0.05, 0.1) is 31.5 Å². The van der Waals surface area contributed by atoms with Gasteiger partial charge in [-0.2, -0.15) is 0 Å². The fourth-order valence-electron chi connectivity index (χ4n) is 11.0. The Hall–Kier alpha value is -4.43. The van der Waals surface area contributed by atoms with Crippen LogP contribution < -0.4 is 0 Å². The molecule has 0 radical (unpaired) electrons. The van der Waals surface area contributed by atoms with E-state index in [0.29, 0.717) is 63.4 Å². The summed E-state index contributed by atoms with van der Waals surface area (Å²) >= 11 is 0. The second kappa shape index (κ2) is 29.5. The van der Waals surface area contributed by atoms with Gasteiger partial charge in [-0.05, 0) is 114 Å². The van der Waals surface area contributed by atoms with Crippen LogP contribution in [0.15, 0.2) is 47.6 Å². The van der Waals surface area contributed by atoms with Crippen molar-refractivity contribution in [2.75, 3.05) is 41.1 Å². The van der Waals surface area contributed by atoms with Crippen LogP contribution in [0.3, 0.4) is 0 Å². The molecule has 76 heavy (non-hydrogen) atoms. The summed E-state index contributed by atoms with van der Waals surface area (Å²) in [5.74, 6) is -10.3. The van der Waals surface area contributed by atoms with Crippen molar-refractivity contribution in [3.8, 4) is 0 Å². The average Bonchev–Trinajstić information content (AvgIpc) is 3.39. The molecule has 3 heterocycles. The summed E-state index contributed by atoms with van der Waals surface area (Å²) in [4.78, 5) is 98.7. The Morgan fingerprint density at radius 1 is 0.829 bits per heavy atom. The van der Waals surface area contributed by atoms with Gasteiger partial charge in [0, 0.05) is 65.4 Å². The van der Waals surface area contributed by atoms with Crippen molar-refractivity contribution in [1.82, 2.24) is 4.90 Å². The second-order valence-corrected chi connectivity index (χ2v) is 22.4. The van der Waals surface area contributed by atoms with Gasteiger partial charge in [-0.15, -0.1) is 0 Å². The van der Waals surface area contributed by atoms with E-state index in [1.54, 1.807) is 40.9 Å². The minimum atomic E-state index is -2.48. The molecular formula is C58H89NO17. The molecule has 18 heteroatoms. The molecule has 3 aliphatic heterocycles. The molecule has 4 rings (SSSR count).